The van der Waals surface area contributed by atoms with Crippen molar-refractivity contribution in [3.8, 4) is 0 Å². The molecule has 3 rings (SSSR count). The molecular weight excluding hydrogens is 406 g/mol. The average molecular weight is 438 g/mol. The Balaban J connectivity index is 0.000000321. The normalized spacial score (nSPS) is 19.6. The van der Waals surface area contributed by atoms with Gasteiger partial charge < -0.3 is 9.64 Å². The van der Waals surface area contributed by atoms with Crippen molar-refractivity contribution < 1.29 is 14.3 Å². The van der Waals surface area contributed by atoms with E-state index in [0.29, 0.717) is 12.3 Å². The minimum absolute atomic E-state index is 0.296. The number of benzene rings is 1. The van der Waals surface area contributed by atoms with Gasteiger partial charge in [-0.2, -0.15) is 0 Å². The fraction of sp³-hybridized carbons (Fsp3) is 0.636. The van der Waals surface area contributed by atoms with Gasteiger partial charge >= 0.3 is 0 Å². The molecule has 27 heavy (non-hydrogen) atoms. The van der Waals surface area contributed by atoms with Gasteiger partial charge in [-0.05, 0) is 90.5 Å². The minimum atomic E-state index is -0.444. The summed E-state index contributed by atoms with van der Waals surface area (Å²) in [7, 11) is 2.07. The van der Waals surface area contributed by atoms with E-state index in [9.17, 15) is 9.59 Å². The minimum Gasteiger partial charge on any atom is -0.462 e. The number of fused-ring (bicyclic) bond motifs is 3. The van der Waals surface area contributed by atoms with Gasteiger partial charge in [0.25, 0.3) is 6.47 Å². The van der Waals surface area contributed by atoms with Crippen molar-refractivity contribution in [2.75, 3.05) is 11.9 Å². The first-order chi connectivity index (χ1) is 12.2. The second kappa shape index (κ2) is 7.23. The molecule has 0 bridgehead atoms. The summed E-state index contributed by atoms with van der Waals surface area (Å²) in [4.78, 5) is 24.7. The Labute approximate surface area is 171 Å². The van der Waals surface area contributed by atoms with E-state index in [-0.39, 0.29) is 5.60 Å². The maximum Gasteiger partial charge on any atom is 0.293 e. The first-order valence-corrected chi connectivity index (χ1v) is 10.3. The molecule has 0 radical (unpaired) electrons. The predicted molar refractivity (Wildman–Crippen MR) is 114 cm³/mol. The summed E-state index contributed by atoms with van der Waals surface area (Å²) in [6, 6.07) is 2.18. The largest absolute Gasteiger partial charge is 0.462 e. The molecule has 1 aliphatic carbocycles. The highest BCUT2D eigenvalue weighted by Gasteiger charge is 2.50. The van der Waals surface area contributed by atoms with E-state index >= 15 is 0 Å². The third-order valence-corrected chi connectivity index (χ3v) is 6.40. The van der Waals surface area contributed by atoms with Crippen LogP contribution in [0.2, 0.25) is 0 Å². The monoisotopic (exact) mass is 437 g/mol. The fourth-order valence-electron chi connectivity index (χ4n) is 4.04. The summed E-state index contributed by atoms with van der Waals surface area (Å²) in [5, 5.41) is 0. The topological polar surface area (TPSA) is 46.6 Å². The molecule has 1 aromatic carbocycles. The average Bonchev–Trinajstić information content (AvgIpc) is 3.02. The van der Waals surface area contributed by atoms with Crippen LogP contribution in [0.4, 0.5) is 5.69 Å². The van der Waals surface area contributed by atoms with Crippen LogP contribution in [0.15, 0.2) is 10.5 Å². The van der Waals surface area contributed by atoms with Crippen LogP contribution in [0, 0.1) is 0 Å². The molecule has 0 amide bonds. The molecule has 0 fully saturated rings. The Morgan fingerprint density at radius 3 is 2.19 bits per heavy atom. The maximum absolute atomic E-state index is 12.9. The van der Waals surface area contributed by atoms with Gasteiger partial charge in [0.15, 0.2) is 5.78 Å². The number of carbonyl (C=O) groups excluding carboxylic acids is 2. The second-order valence-corrected chi connectivity index (χ2v) is 10.3. The zero-order valence-corrected chi connectivity index (χ0v) is 19.4. The van der Waals surface area contributed by atoms with Crippen molar-refractivity contribution in [3.05, 3.63) is 27.2 Å². The van der Waals surface area contributed by atoms with Crippen LogP contribution >= 0.6 is 15.9 Å². The first kappa shape index (κ1) is 21.9. The molecule has 5 heteroatoms. The van der Waals surface area contributed by atoms with Gasteiger partial charge in [-0.15, -0.1) is 0 Å². The predicted octanol–water partition coefficient (Wildman–Crippen LogP) is 4.97. The number of rotatable bonds is 1. The van der Waals surface area contributed by atoms with Crippen LogP contribution in [0.3, 0.4) is 0 Å². The van der Waals surface area contributed by atoms with E-state index < -0.39 is 11.0 Å². The highest BCUT2D eigenvalue weighted by Crippen LogP contribution is 2.49. The third-order valence-electron chi connectivity index (χ3n) is 5.69. The Morgan fingerprint density at radius 1 is 1.15 bits per heavy atom. The second-order valence-electron chi connectivity index (χ2n) is 9.46. The Kier molecular flexibility index (Phi) is 5.87. The zero-order chi connectivity index (χ0) is 20.8. The van der Waals surface area contributed by atoms with E-state index in [1.807, 2.05) is 34.6 Å². The van der Waals surface area contributed by atoms with E-state index in [1.54, 1.807) is 0 Å². The van der Waals surface area contributed by atoms with Crippen molar-refractivity contribution in [2.45, 2.75) is 84.3 Å². The number of hydrogen-bond donors (Lipinski definition) is 0. The molecule has 1 aromatic rings. The standard InChI is InChI=1S/C17H22BrNO.C5H10O2/c1-16(2)12-9-13(18)10-7-6-8-11(10)14(12)19(5)17(3,4)15(16)20;1-5(2,3)7-4-6/h9H,6-8H2,1-5H3;4H,1-3H3. The number of anilines is 1. The number of ether oxygens (including phenoxy) is 1. The number of carbonyl (C=O) groups is 2. The number of nitrogens with zero attached hydrogens (tertiary/aromatic N) is 1. The number of likely N-dealkylation sites (N-methyl/N-ethyl adjacent to an activating group) is 1. The highest BCUT2D eigenvalue weighted by molar-refractivity contribution is 9.10. The summed E-state index contributed by atoms with van der Waals surface area (Å²) < 4.78 is 5.73. The van der Waals surface area contributed by atoms with E-state index in [4.69, 9.17) is 0 Å². The van der Waals surface area contributed by atoms with Gasteiger partial charge in [-0.25, -0.2) is 0 Å². The number of Topliss-reactive ketones (excluding diaryl/α,β-unsaturated/α-hetero) is 1. The van der Waals surface area contributed by atoms with Crippen LogP contribution in [0.5, 0.6) is 0 Å². The number of ketones is 1. The molecule has 0 spiro atoms. The van der Waals surface area contributed by atoms with Gasteiger partial charge in [0.05, 0.1) is 11.0 Å². The molecule has 0 atom stereocenters. The number of hydrogen-bond acceptors (Lipinski definition) is 4. The molecular formula is C22H32BrNO3. The Bertz CT molecular complexity index is 760. The lowest BCUT2D eigenvalue weighted by Gasteiger charge is -2.49. The molecule has 0 saturated heterocycles. The maximum atomic E-state index is 12.9. The van der Waals surface area contributed by atoms with Crippen LogP contribution < -0.4 is 4.90 Å². The number of halogens is 1. The van der Waals surface area contributed by atoms with E-state index in [1.165, 1.54) is 33.3 Å². The van der Waals surface area contributed by atoms with Crippen molar-refractivity contribution in [2.24, 2.45) is 0 Å². The summed E-state index contributed by atoms with van der Waals surface area (Å²) in [5.74, 6) is 0.296. The van der Waals surface area contributed by atoms with E-state index in [0.717, 1.165) is 12.8 Å². The zero-order valence-electron chi connectivity index (χ0n) is 17.8. The Morgan fingerprint density at radius 2 is 1.70 bits per heavy atom. The SMILES string of the molecule is CC(C)(C)OC=O.CN1c2c(cc(Br)c3c2CCC3)C(C)(C)C(=O)C1(C)C. The van der Waals surface area contributed by atoms with Crippen LogP contribution in [0.1, 0.15) is 71.6 Å². The lowest BCUT2D eigenvalue weighted by Crippen LogP contribution is -2.59. The molecule has 0 saturated carbocycles. The van der Waals surface area contributed by atoms with Gasteiger partial charge in [-0.1, -0.05) is 15.9 Å². The Hall–Kier alpha value is -1.36. The summed E-state index contributed by atoms with van der Waals surface area (Å²) in [6.45, 7) is 14.1. The molecule has 0 aromatic heterocycles. The summed E-state index contributed by atoms with van der Waals surface area (Å²) >= 11 is 3.72. The van der Waals surface area contributed by atoms with Crippen LogP contribution in [-0.4, -0.2) is 30.4 Å². The smallest absolute Gasteiger partial charge is 0.293 e. The van der Waals surface area contributed by atoms with Gasteiger partial charge in [0.1, 0.15) is 5.60 Å². The fourth-order valence-corrected chi connectivity index (χ4v) is 4.70. The molecule has 1 aliphatic heterocycles. The van der Waals surface area contributed by atoms with Gasteiger partial charge in [0, 0.05) is 17.2 Å². The van der Waals surface area contributed by atoms with Gasteiger partial charge in [0.2, 0.25) is 0 Å². The van der Waals surface area contributed by atoms with Crippen LogP contribution in [-0.2, 0) is 32.6 Å². The molecule has 0 unspecified atom stereocenters. The van der Waals surface area contributed by atoms with Crippen LogP contribution in [0.25, 0.3) is 0 Å². The summed E-state index contributed by atoms with van der Waals surface area (Å²) in [6.07, 6.45) is 3.49. The third kappa shape index (κ3) is 3.94. The van der Waals surface area contributed by atoms with Gasteiger partial charge in [-0.3, -0.25) is 9.59 Å². The molecule has 1 heterocycles. The van der Waals surface area contributed by atoms with E-state index in [2.05, 4.69) is 52.5 Å². The quantitative estimate of drug-likeness (QED) is 0.581. The lowest BCUT2D eigenvalue weighted by molar-refractivity contribution is -0.138. The van der Waals surface area contributed by atoms with Crippen molar-refractivity contribution in [3.63, 3.8) is 0 Å². The highest BCUT2D eigenvalue weighted by atomic mass is 79.9. The molecule has 2 aliphatic rings. The molecule has 4 nitrogen and oxygen atoms in total. The first-order valence-electron chi connectivity index (χ1n) is 9.50. The van der Waals surface area contributed by atoms with Crippen molar-refractivity contribution in [1.82, 2.24) is 0 Å². The molecule has 150 valence electrons. The molecule has 0 N–H and O–H groups in total. The lowest BCUT2D eigenvalue weighted by atomic mass is 9.68. The van der Waals surface area contributed by atoms with Crippen molar-refractivity contribution >= 4 is 33.9 Å². The summed E-state index contributed by atoms with van der Waals surface area (Å²) in [5.41, 5.74) is 4.18. The van der Waals surface area contributed by atoms with Crippen molar-refractivity contribution in [1.29, 1.82) is 0 Å².